The summed E-state index contributed by atoms with van der Waals surface area (Å²) in [5.41, 5.74) is -1.32. The Labute approximate surface area is 252 Å². The van der Waals surface area contributed by atoms with Gasteiger partial charge in [-0.3, -0.25) is 24.2 Å². The van der Waals surface area contributed by atoms with Gasteiger partial charge in [0.2, 0.25) is 5.91 Å². The Hall–Kier alpha value is -3.46. The zero-order valence-corrected chi connectivity index (χ0v) is 26.6. The number of rotatable bonds is 9. The maximum absolute atomic E-state index is 12.4. The monoisotopic (exact) mass is 617 g/mol. The Morgan fingerprint density at radius 3 is 1.58 bits per heavy atom. The van der Waals surface area contributed by atoms with Gasteiger partial charge in [0.15, 0.2) is 5.78 Å². The van der Waals surface area contributed by atoms with Crippen molar-refractivity contribution in [3.05, 3.63) is 0 Å². The first-order chi connectivity index (χ1) is 19.8. The van der Waals surface area contributed by atoms with Gasteiger partial charge in [0.05, 0.1) is 45.4 Å². The van der Waals surface area contributed by atoms with Crippen LogP contribution in [0.1, 0.15) is 67.2 Å². The molecule has 246 valence electrons. The van der Waals surface area contributed by atoms with E-state index in [2.05, 4.69) is 10.1 Å². The molecule has 0 saturated carbocycles. The number of ether oxygens (including phenoxy) is 5. The Morgan fingerprint density at radius 2 is 1.19 bits per heavy atom. The minimum atomic E-state index is -1.03. The third-order valence-electron chi connectivity index (χ3n) is 6.33. The number of Topliss-reactive ketones (excluding diaryl/α,β-unsaturated/α-hetero) is 1. The molecular formula is C28H47N3O12. The Kier molecular flexibility index (Phi) is 14.3. The van der Waals surface area contributed by atoms with Gasteiger partial charge >= 0.3 is 24.1 Å². The quantitative estimate of drug-likeness (QED) is 0.282. The van der Waals surface area contributed by atoms with Crippen molar-refractivity contribution in [2.75, 3.05) is 41.0 Å². The van der Waals surface area contributed by atoms with Crippen LogP contribution in [-0.4, -0.2) is 127 Å². The van der Waals surface area contributed by atoms with Crippen LogP contribution in [0.25, 0.3) is 0 Å². The highest BCUT2D eigenvalue weighted by molar-refractivity contribution is 5.91. The Bertz CT molecular complexity index is 1000. The zero-order valence-electron chi connectivity index (χ0n) is 26.6. The molecule has 0 aromatic carbocycles. The van der Waals surface area contributed by atoms with Gasteiger partial charge in [-0.1, -0.05) is 0 Å². The van der Waals surface area contributed by atoms with Crippen molar-refractivity contribution >= 4 is 35.8 Å². The maximum atomic E-state index is 12.4. The molecule has 0 spiro atoms. The molecule has 2 N–H and O–H groups in total. The van der Waals surface area contributed by atoms with E-state index in [4.69, 9.17) is 24.1 Å². The number of hydrogen-bond acceptors (Lipinski definition) is 11. The van der Waals surface area contributed by atoms with Crippen molar-refractivity contribution in [1.82, 2.24) is 15.1 Å². The molecule has 0 radical (unpaired) electrons. The van der Waals surface area contributed by atoms with Crippen LogP contribution in [0.3, 0.4) is 0 Å². The van der Waals surface area contributed by atoms with Gasteiger partial charge in [0.1, 0.15) is 23.3 Å². The number of esters is 1. The molecule has 0 aliphatic carbocycles. The van der Waals surface area contributed by atoms with Crippen molar-refractivity contribution in [3.63, 3.8) is 0 Å². The highest BCUT2D eigenvalue weighted by Gasteiger charge is 2.42. The molecule has 0 aromatic heterocycles. The van der Waals surface area contributed by atoms with Gasteiger partial charge < -0.3 is 34.1 Å². The van der Waals surface area contributed by atoms with Crippen LogP contribution in [0.15, 0.2) is 0 Å². The summed E-state index contributed by atoms with van der Waals surface area (Å²) in [6, 6.07) is -1.64. The summed E-state index contributed by atoms with van der Waals surface area (Å²) in [7, 11) is 4.25. The number of likely N-dealkylation sites (tertiary alicyclic amines) is 2. The molecule has 15 heteroatoms. The van der Waals surface area contributed by atoms with Gasteiger partial charge in [0.25, 0.3) is 0 Å². The van der Waals surface area contributed by atoms with Gasteiger partial charge in [-0.05, 0) is 41.5 Å². The van der Waals surface area contributed by atoms with E-state index >= 15 is 0 Å². The van der Waals surface area contributed by atoms with Crippen LogP contribution in [0.5, 0.6) is 0 Å². The van der Waals surface area contributed by atoms with Crippen LogP contribution in [0.4, 0.5) is 9.59 Å². The van der Waals surface area contributed by atoms with Gasteiger partial charge in [-0.25, -0.2) is 14.4 Å². The normalized spacial score (nSPS) is 21.8. The van der Waals surface area contributed by atoms with Crippen molar-refractivity contribution in [2.45, 2.75) is 103 Å². The number of carboxylic acids is 1. The van der Waals surface area contributed by atoms with Crippen LogP contribution < -0.4 is 5.32 Å². The Balaban J connectivity index is 0.000000469. The number of carboxylic acid groups (broad SMARTS) is 1. The van der Waals surface area contributed by atoms with E-state index in [1.165, 1.54) is 31.1 Å². The second kappa shape index (κ2) is 16.4. The third-order valence-corrected chi connectivity index (χ3v) is 6.33. The van der Waals surface area contributed by atoms with Crippen LogP contribution in [0.2, 0.25) is 0 Å². The highest BCUT2D eigenvalue weighted by Crippen LogP contribution is 2.24. The lowest BCUT2D eigenvalue weighted by molar-refractivity contribution is -0.142. The number of carbonyl (C=O) groups excluding carboxylic acids is 5. The largest absolute Gasteiger partial charge is 0.480 e. The fraction of sp³-hybridized carbons (Fsp3) is 0.786. The average molecular weight is 618 g/mol. The number of aliphatic carboxylic acids is 1. The molecule has 2 rings (SSSR count). The molecule has 3 amide bonds. The molecule has 2 aliphatic heterocycles. The average Bonchev–Trinajstić information content (AvgIpc) is 3.54. The van der Waals surface area contributed by atoms with Gasteiger partial charge in [-0.2, -0.15) is 0 Å². The number of nitrogens with one attached hydrogen (secondary N) is 1. The van der Waals surface area contributed by atoms with Gasteiger partial charge in [0, 0.05) is 33.5 Å². The predicted molar refractivity (Wildman–Crippen MR) is 151 cm³/mol. The molecule has 43 heavy (non-hydrogen) atoms. The minimum absolute atomic E-state index is 0.0197. The standard InChI is InChI=1S/C17H28N2O7.C11H19NO5/c1-17(2,3)26-16(23)19-10-12(24-4)8-13(19)15(22)18-9-11(20)6-7-14(21)25-5;1-11(2,3)17-10(15)12-6-7(16-4)5-8(12)9(13)14/h12-13H,6-10H2,1-5H3,(H,18,22);7-8H,5-6H2,1-4H3,(H,13,14)/t12-,13-;7-,8-/m00/s1. The lowest BCUT2D eigenvalue weighted by Gasteiger charge is -2.27. The lowest BCUT2D eigenvalue weighted by atomic mass is 10.1. The number of carbonyl (C=O) groups is 6. The van der Waals surface area contributed by atoms with Crippen molar-refractivity contribution in [1.29, 1.82) is 0 Å². The van der Waals surface area contributed by atoms with Crippen molar-refractivity contribution in [3.8, 4) is 0 Å². The molecule has 2 heterocycles. The summed E-state index contributed by atoms with van der Waals surface area (Å²) in [6.45, 7) is 10.7. The third kappa shape index (κ3) is 13.2. The first-order valence-corrected chi connectivity index (χ1v) is 14.0. The minimum Gasteiger partial charge on any atom is -0.480 e. The molecule has 2 aliphatic rings. The van der Waals surface area contributed by atoms with E-state index < -0.39 is 53.3 Å². The van der Waals surface area contributed by atoms with E-state index in [0.29, 0.717) is 12.8 Å². The zero-order chi connectivity index (χ0) is 33.1. The SMILES string of the molecule is COC(=O)CCC(=O)CNC(=O)[C@@H]1C[C@H](OC)CN1C(=O)OC(C)(C)C.CO[C@H]1C[C@@H](C(=O)O)N(C(=O)OC(C)(C)C)C1. The van der Waals surface area contributed by atoms with Crippen LogP contribution in [-0.2, 0) is 42.9 Å². The smallest absolute Gasteiger partial charge is 0.411 e. The second-order valence-electron chi connectivity index (χ2n) is 12.2. The summed E-state index contributed by atoms with van der Waals surface area (Å²) in [4.78, 5) is 72.9. The van der Waals surface area contributed by atoms with Gasteiger partial charge in [-0.15, -0.1) is 0 Å². The topological polar surface area (TPSA) is 187 Å². The number of hydrogen-bond donors (Lipinski definition) is 2. The maximum Gasteiger partial charge on any atom is 0.411 e. The molecule has 15 nitrogen and oxygen atoms in total. The van der Waals surface area contributed by atoms with E-state index in [-0.39, 0.29) is 50.5 Å². The molecule has 4 atom stereocenters. The highest BCUT2D eigenvalue weighted by atomic mass is 16.6. The first kappa shape index (κ1) is 37.6. The fourth-order valence-electron chi connectivity index (χ4n) is 4.20. The molecule has 2 saturated heterocycles. The molecular weight excluding hydrogens is 570 g/mol. The molecule has 0 aromatic rings. The molecule has 2 fully saturated rings. The van der Waals surface area contributed by atoms with Crippen LogP contribution in [0, 0.1) is 0 Å². The van der Waals surface area contributed by atoms with Crippen molar-refractivity contribution in [2.24, 2.45) is 0 Å². The number of amides is 3. The summed E-state index contributed by atoms with van der Waals surface area (Å²) in [5.74, 6) is -2.27. The first-order valence-electron chi connectivity index (χ1n) is 14.0. The summed E-state index contributed by atoms with van der Waals surface area (Å²) in [6.07, 6.45) is -1.18. The number of ketones is 1. The number of nitrogens with zero attached hydrogens (tertiary/aromatic N) is 2. The molecule has 0 unspecified atom stereocenters. The predicted octanol–water partition coefficient (Wildman–Crippen LogP) is 1.74. The number of methoxy groups -OCH3 is 3. The van der Waals surface area contributed by atoms with E-state index in [1.54, 1.807) is 41.5 Å². The van der Waals surface area contributed by atoms with E-state index in [0.717, 1.165) is 0 Å². The fourth-order valence-corrected chi connectivity index (χ4v) is 4.20. The van der Waals surface area contributed by atoms with Crippen molar-refractivity contribution < 1.29 is 57.6 Å². The second-order valence-corrected chi connectivity index (χ2v) is 12.2. The Morgan fingerprint density at radius 1 is 0.744 bits per heavy atom. The molecule has 0 bridgehead atoms. The summed E-state index contributed by atoms with van der Waals surface area (Å²) < 4.78 is 25.3. The lowest BCUT2D eigenvalue weighted by Crippen LogP contribution is -2.48. The summed E-state index contributed by atoms with van der Waals surface area (Å²) >= 11 is 0. The summed E-state index contributed by atoms with van der Waals surface area (Å²) in [5, 5.41) is 11.6. The van der Waals surface area contributed by atoms with Crippen LogP contribution >= 0.6 is 0 Å². The van der Waals surface area contributed by atoms with E-state index in [9.17, 15) is 28.8 Å². The van der Waals surface area contributed by atoms with E-state index in [1.807, 2.05) is 0 Å².